The third kappa shape index (κ3) is 6.62. The highest BCUT2D eigenvalue weighted by molar-refractivity contribution is 6.32. The number of halogens is 1. The third-order valence-corrected chi connectivity index (χ3v) is 5.43. The van der Waals surface area contributed by atoms with Crippen molar-refractivity contribution in [2.45, 2.75) is 12.6 Å². The van der Waals surface area contributed by atoms with Crippen LogP contribution in [0.2, 0.25) is 5.02 Å². The first kappa shape index (κ1) is 24.9. The summed E-state index contributed by atoms with van der Waals surface area (Å²) in [7, 11) is 1.59. The van der Waals surface area contributed by atoms with Crippen LogP contribution in [0.4, 0.5) is 0 Å². The Labute approximate surface area is 204 Å². The van der Waals surface area contributed by atoms with E-state index in [0.717, 1.165) is 5.56 Å². The molecule has 34 heavy (non-hydrogen) atoms. The zero-order valence-corrected chi connectivity index (χ0v) is 19.7. The number of hydrogen-bond donors (Lipinski definition) is 1. The number of carbonyl (C=O) groups is 2. The van der Waals surface area contributed by atoms with Crippen molar-refractivity contribution >= 4 is 23.4 Å². The van der Waals surface area contributed by atoms with Crippen molar-refractivity contribution in [3.8, 4) is 11.5 Å². The summed E-state index contributed by atoms with van der Waals surface area (Å²) >= 11 is 6.18. The number of rotatable bonds is 11. The van der Waals surface area contributed by atoms with Crippen LogP contribution < -0.4 is 14.8 Å². The molecule has 0 aliphatic carbocycles. The lowest BCUT2D eigenvalue weighted by atomic mass is 10.0. The smallest absolute Gasteiger partial charge is 0.261 e. The van der Waals surface area contributed by atoms with Crippen LogP contribution in [-0.4, -0.2) is 37.0 Å². The fourth-order valence-electron chi connectivity index (χ4n) is 3.41. The highest BCUT2D eigenvalue weighted by Crippen LogP contribution is 2.26. The van der Waals surface area contributed by atoms with Crippen LogP contribution in [0, 0.1) is 0 Å². The van der Waals surface area contributed by atoms with Gasteiger partial charge in [-0.05, 0) is 35.4 Å². The molecule has 0 saturated carbocycles. The Bertz CT molecular complexity index is 1100. The predicted octanol–water partition coefficient (Wildman–Crippen LogP) is 4.80. The Morgan fingerprint density at radius 3 is 2.35 bits per heavy atom. The number of hydrogen-bond acceptors (Lipinski definition) is 4. The van der Waals surface area contributed by atoms with Crippen molar-refractivity contribution < 1.29 is 19.1 Å². The monoisotopic (exact) mass is 478 g/mol. The van der Waals surface area contributed by atoms with Gasteiger partial charge in [0, 0.05) is 13.1 Å². The van der Waals surface area contributed by atoms with E-state index in [9.17, 15) is 9.59 Å². The molecule has 0 saturated heterocycles. The second-order valence-corrected chi connectivity index (χ2v) is 7.84. The fourth-order valence-corrected chi connectivity index (χ4v) is 3.60. The maximum Gasteiger partial charge on any atom is 0.261 e. The summed E-state index contributed by atoms with van der Waals surface area (Å²) in [5.41, 5.74) is 1.52. The van der Waals surface area contributed by atoms with Gasteiger partial charge in [-0.3, -0.25) is 9.59 Å². The summed E-state index contributed by atoms with van der Waals surface area (Å²) in [6.07, 6.45) is 1.59. The van der Waals surface area contributed by atoms with Crippen LogP contribution >= 0.6 is 11.6 Å². The van der Waals surface area contributed by atoms with Crippen LogP contribution in [0.3, 0.4) is 0 Å². The lowest BCUT2D eigenvalue weighted by Gasteiger charge is -2.31. The Morgan fingerprint density at radius 1 is 1.03 bits per heavy atom. The molecule has 2 amide bonds. The Hall–Kier alpha value is -3.77. The normalized spacial score (nSPS) is 11.2. The standard InChI is InChI=1S/C27H27ClN2O4/c1-3-17-29-27(32)26(21-9-5-4-6-10-21)30(18-20-13-15-22(33-2)16-14-20)25(31)19-34-24-12-8-7-11-23(24)28/h3-16,26H,1,17-19H2,2H3,(H,29,32)/t26-/m1/s1. The van der Waals surface area contributed by atoms with Crippen LogP contribution in [0.15, 0.2) is 91.5 Å². The number of amides is 2. The van der Waals surface area contributed by atoms with Gasteiger partial charge in [-0.25, -0.2) is 0 Å². The predicted molar refractivity (Wildman–Crippen MR) is 133 cm³/mol. The number of benzene rings is 3. The number of para-hydroxylation sites is 1. The Balaban J connectivity index is 1.94. The van der Waals surface area contributed by atoms with E-state index in [1.54, 1.807) is 37.5 Å². The van der Waals surface area contributed by atoms with Crippen LogP contribution in [0.25, 0.3) is 0 Å². The van der Waals surface area contributed by atoms with Crippen molar-refractivity contribution in [2.75, 3.05) is 20.3 Å². The first-order valence-corrected chi connectivity index (χ1v) is 11.1. The minimum Gasteiger partial charge on any atom is -0.497 e. The van der Waals surface area contributed by atoms with Gasteiger partial charge in [0.15, 0.2) is 6.61 Å². The maximum absolute atomic E-state index is 13.5. The van der Waals surface area contributed by atoms with Gasteiger partial charge in [-0.15, -0.1) is 6.58 Å². The van der Waals surface area contributed by atoms with Crippen LogP contribution in [-0.2, 0) is 16.1 Å². The molecule has 0 heterocycles. The van der Waals surface area contributed by atoms with Gasteiger partial charge in [0.1, 0.15) is 17.5 Å². The minimum atomic E-state index is -0.870. The van der Waals surface area contributed by atoms with Gasteiger partial charge in [0.2, 0.25) is 5.91 Å². The Morgan fingerprint density at radius 2 is 1.71 bits per heavy atom. The molecule has 0 bridgehead atoms. The number of carbonyl (C=O) groups excluding carboxylic acids is 2. The van der Waals surface area contributed by atoms with Gasteiger partial charge in [-0.2, -0.15) is 0 Å². The third-order valence-electron chi connectivity index (χ3n) is 5.12. The average molecular weight is 479 g/mol. The molecular weight excluding hydrogens is 452 g/mol. The van der Waals surface area contributed by atoms with Gasteiger partial charge >= 0.3 is 0 Å². The quantitative estimate of drug-likeness (QED) is 0.402. The van der Waals surface area contributed by atoms with Crippen molar-refractivity contribution in [2.24, 2.45) is 0 Å². The second-order valence-electron chi connectivity index (χ2n) is 7.44. The molecule has 0 radical (unpaired) electrons. The molecule has 1 N–H and O–H groups in total. The first-order valence-electron chi connectivity index (χ1n) is 10.8. The summed E-state index contributed by atoms with van der Waals surface area (Å²) < 4.78 is 10.9. The highest BCUT2D eigenvalue weighted by atomic mass is 35.5. The van der Waals surface area contributed by atoms with Gasteiger partial charge < -0.3 is 19.7 Å². The van der Waals surface area contributed by atoms with E-state index in [4.69, 9.17) is 21.1 Å². The fraction of sp³-hybridized carbons (Fsp3) is 0.185. The molecule has 3 rings (SSSR count). The lowest BCUT2D eigenvalue weighted by Crippen LogP contribution is -2.45. The molecule has 0 spiro atoms. The largest absolute Gasteiger partial charge is 0.497 e. The molecule has 7 heteroatoms. The molecule has 6 nitrogen and oxygen atoms in total. The van der Waals surface area contributed by atoms with Crippen LogP contribution in [0.1, 0.15) is 17.2 Å². The van der Waals surface area contributed by atoms with Crippen molar-refractivity contribution in [3.63, 3.8) is 0 Å². The van der Waals surface area contributed by atoms with Crippen molar-refractivity contribution in [3.05, 3.63) is 108 Å². The van der Waals surface area contributed by atoms with Crippen LogP contribution in [0.5, 0.6) is 11.5 Å². The van der Waals surface area contributed by atoms with E-state index >= 15 is 0 Å². The molecule has 0 unspecified atom stereocenters. The van der Waals surface area contributed by atoms with E-state index in [0.29, 0.717) is 22.1 Å². The molecule has 0 aromatic heterocycles. The molecule has 176 valence electrons. The van der Waals surface area contributed by atoms with E-state index in [-0.39, 0.29) is 31.5 Å². The summed E-state index contributed by atoms with van der Waals surface area (Å²) in [5.74, 6) is 0.422. The summed E-state index contributed by atoms with van der Waals surface area (Å²) in [6.45, 7) is 3.85. The highest BCUT2D eigenvalue weighted by Gasteiger charge is 2.31. The molecule has 0 aliphatic heterocycles. The van der Waals surface area contributed by atoms with Gasteiger partial charge in [-0.1, -0.05) is 72.3 Å². The van der Waals surface area contributed by atoms with E-state index in [1.165, 1.54) is 4.90 Å². The van der Waals surface area contributed by atoms with E-state index < -0.39 is 6.04 Å². The molecule has 0 aliphatic rings. The number of methoxy groups -OCH3 is 1. The van der Waals surface area contributed by atoms with Crippen molar-refractivity contribution in [1.82, 2.24) is 10.2 Å². The van der Waals surface area contributed by atoms with E-state index in [1.807, 2.05) is 54.6 Å². The maximum atomic E-state index is 13.5. The second kappa shape index (κ2) is 12.5. The minimum absolute atomic E-state index is 0.190. The summed E-state index contributed by atoms with van der Waals surface area (Å²) in [5, 5.41) is 3.22. The molecule has 3 aromatic carbocycles. The van der Waals surface area contributed by atoms with Gasteiger partial charge in [0.25, 0.3) is 5.91 Å². The lowest BCUT2D eigenvalue weighted by molar-refractivity contribution is -0.143. The number of nitrogens with one attached hydrogen (secondary N) is 1. The number of ether oxygens (including phenoxy) is 2. The summed E-state index contributed by atoms with van der Waals surface area (Å²) in [4.78, 5) is 28.2. The molecule has 0 fully saturated rings. The summed E-state index contributed by atoms with van der Waals surface area (Å²) in [6, 6.07) is 22.6. The average Bonchev–Trinajstić information content (AvgIpc) is 2.87. The molecule has 1 atom stereocenters. The van der Waals surface area contributed by atoms with Gasteiger partial charge in [0.05, 0.1) is 12.1 Å². The zero-order chi connectivity index (χ0) is 24.3. The topological polar surface area (TPSA) is 67.9 Å². The van der Waals surface area contributed by atoms with Crippen molar-refractivity contribution in [1.29, 1.82) is 0 Å². The van der Waals surface area contributed by atoms with E-state index in [2.05, 4.69) is 11.9 Å². The number of nitrogens with zero attached hydrogens (tertiary/aromatic N) is 1. The Kier molecular flexibility index (Phi) is 9.12. The zero-order valence-electron chi connectivity index (χ0n) is 18.9. The molecular formula is C27H27ClN2O4. The molecule has 3 aromatic rings. The SMILES string of the molecule is C=CCNC(=O)[C@@H](c1ccccc1)N(Cc1ccc(OC)cc1)C(=O)COc1ccccc1Cl. The first-order chi connectivity index (χ1) is 16.5.